The largest absolute Gasteiger partial charge is 0.431 e. The van der Waals surface area contributed by atoms with Gasteiger partial charge in [0.1, 0.15) is 5.52 Å². The third-order valence-electron chi connectivity index (χ3n) is 5.94. The molecule has 6 nitrogen and oxygen atoms in total. The molecule has 0 unspecified atom stereocenters. The molecule has 4 aromatic rings. The highest BCUT2D eigenvalue weighted by atomic mass is 32.2. The van der Waals surface area contributed by atoms with E-state index in [0.717, 1.165) is 55.1 Å². The molecule has 3 aromatic carbocycles. The lowest BCUT2D eigenvalue weighted by molar-refractivity contribution is 0.0340. The quantitative estimate of drug-likeness (QED) is 0.368. The summed E-state index contributed by atoms with van der Waals surface area (Å²) in [6.45, 7) is 4.78. The van der Waals surface area contributed by atoms with Gasteiger partial charge in [-0.05, 0) is 34.9 Å². The average Bonchev–Trinajstić information content (AvgIpc) is 3.31. The van der Waals surface area contributed by atoms with Crippen LogP contribution in [0, 0.1) is 0 Å². The minimum Gasteiger partial charge on any atom is -0.431 e. The van der Waals surface area contributed by atoms with Gasteiger partial charge in [-0.2, -0.15) is 0 Å². The minimum atomic E-state index is -0.0741. The van der Waals surface area contributed by atoms with Gasteiger partial charge in [-0.15, -0.1) is 0 Å². The Kier molecular flexibility index (Phi) is 7.24. The van der Waals surface area contributed by atoms with Crippen LogP contribution in [0.4, 0.5) is 0 Å². The number of aromatic nitrogens is 1. The van der Waals surface area contributed by atoms with E-state index in [1.165, 1.54) is 17.3 Å². The maximum Gasteiger partial charge on any atom is 0.257 e. The molecule has 0 saturated carbocycles. The molecule has 0 aliphatic carbocycles. The van der Waals surface area contributed by atoms with Crippen LogP contribution in [-0.4, -0.2) is 42.1 Å². The van der Waals surface area contributed by atoms with Gasteiger partial charge in [0.15, 0.2) is 5.58 Å². The zero-order chi connectivity index (χ0) is 23.2. The second-order valence-corrected chi connectivity index (χ2v) is 9.16. The molecule has 1 aliphatic rings. The van der Waals surface area contributed by atoms with Gasteiger partial charge in [0.2, 0.25) is 0 Å². The van der Waals surface area contributed by atoms with Crippen LogP contribution < -0.4 is 5.32 Å². The Bertz CT molecular complexity index is 1230. The summed E-state index contributed by atoms with van der Waals surface area (Å²) in [5.41, 5.74) is 5.62. The molecular formula is C27H27N3O3S. The van der Waals surface area contributed by atoms with Crippen molar-refractivity contribution in [3.05, 3.63) is 95.1 Å². The van der Waals surface area contributed by atoms with Crippen LogP contribution >= 0.6 is 11.8 Å². The molecule has 1 aromatic heterocycles. The molecule has 7 heteroatoms. The molecule has 1 N–H and O–H groups in total. The lowest BCUT2D eigenvalue weighted by Crippen LogP contribution is -2.36. The van der Waals surface area contributed by atoms with Crippen molar-refractivity contribution < 1.29 is 13.9 Å². The number of para-hydroxylation sites is 2. The van der Waals surface area contributed by atoms with E-state index >= 15 is 0 Å². The Morgan fingerprint density at radius 1 is 0.912 bits per heavy atom. The predicted molar refractivity (Wildman–Crippen MR) is 134 cm³/mol. The van der Waals surface area contributed by atoms with Gasteiger partial charge in [0, 0.05) is 37.5 Å². The number of carbonyl (C=O) groups excluding carboxylic acids is 1. The van der Waals surface area contributed by atoms with Crippen LogP contribution in [0.15, 0.2) is 82.4 Å². The molecule has 1 saturated heterocycles. The number of amides is 1. The molecule has 0 radical (unpaired) electrons. The molecular weight excluding hydrogens is 446 g/mol. The van der Waals surface area contributed by atoms with Crippen LogP contribution in [0.3, 0.4) is 0 Å². The number of nitrogens with one attached hydrogen (secondary N) is 1. The Hall–Kier alpha value is -3.13. The number of carbonyl (C=O) groups is 1. The molecule has 1 fully saturated rings. The standard InChI is InChI=1S/C27H27N3O3S/c31-26(28-17-20-7-1-2-8-21(20)18-30-13-15-32-16-14-30)23-10-4-3-9-22(23)19-34-27-29-24-11-5-6-12-25(24)33-27/h1-12H,13-19H2,(H,28,31). The number of nitrogens with zero attached hydrogens (tertiary/aromatic N) is 2. The second kappa shape index (κ2) is 10.9. The summed E-state index contributed by atoms with van der Waals surface area (Å²) in [6.07, 6.45) is 0. The molecule has 0 bridgehead atoms. The SMILES string of the molecule is O=C(NCc1ccccc1CN1CCOCC1)c1ccccc1CSc1nc2ccccc2o1. The average molecular weight is 474 g/mol. The van der Waals surface area contributed by atoms with Crippen molar-refractivity contribution in [3.63, 3.8) is 0 Å². The minimum absolute atomic E-state index is 0.0741. The van der Waals surface area contributed by atoms with Crippen molar-refractivity contribution in [1.82, 2.24) is 15.2 Å². The van der Waals surface area contributed by atoms with Crippen molar-refractivity contribution in [2.24, 2.45) is 0 Å². The van der Waals surface area contributed by atoms with Crippen LogP contribution in [0.2, 0.25) is 0 Å². The summed E-state index contributed by atoms with van der Waals surface area (Å²) < 4.78 is 11.3. The van der Waals surface area contributed by atoms with Crippen molar-refractivity contribution in [2.75, 3.05) is 26.3 Å². The van der Waals surface area contributed by atoms with E-state index in [1.54, 1.807) is 0 Å². The molecule has 0 spiro atoms. The van der Waals surface area contributed by atoms with Crippen LogP contribution in [0.1, 0.15) is 27.0 Å². The molecule has 2 heterocycles. The van der Waals surface area contributed by atoms with Gasteiger partial charge in [0.25, 0.3) is 11.1 Å². The van der Waals surface area contributed by atoms with Gasteiger partial charge in [-0.3, -0.25) is 9.69 Å². The molecule has 0 atom stereocenters. The Balaban J connectivity index is 1.23. The maximum absolute atomic E-state index is 13.1. The van der Waals surface area contributed by atoms with Crippen molar-refractivity contribution in [1.29, 1.82) is 0 Å². The first-order valence-corrected chi connectivity index (χ1v) is 12.5. The van der Waals surface area contributed by atoms with Gasteiger partial charge in [0.05, 0.1) is 13.2 Å². The highest BCUT2D eigenvalue weighted by Gasteiger charge is 2.15. The molecule has 34 heavy (non-hydrogen) atoms. The maximum atomic E-state index is 13.1. The number of thioether (sulfide) groups is 1. The first-order valence-electron chi connectivity index (χ1n) is 11.5. The normalized spacial score (nSPS) is 14.4. The van der Waals surface area contributed by atoms with E-state index in [1.807, 2.05) is 54.6 Å². The van der Waals surface area contributed by atoms with Crippen molar-refractivity contribution in [3.8, 4) is 0 Å². The topological polar surface area (TPSA) is 67.6 Å². The number of hydrogen-bond donors (Lipinski definition) is 1. The number of hydrogen-bond acceptors (Lipinski definition) is 6. The second-order valence-electron chi connectivity index (χ2n) is 8.23. The zero-order valence-corrected chi connectivity index (χ0v) is 19.7. The van der Waals surface area contributed by atoms with E-state index in [0.29, 0.717) is 23.1 Å². The summed E-state index contributed by atoms with van der Waals surface area (Å²) in [7, 11) is 0. The summed E-state index contributed by atoms with van der Waals surface area (Å²) >= 11 is 1.49. The fraction of sp³-hybridized carbons (Fsp3) is 0.259. The van der Waals surface area contributed by atoms with E-state index < -0.39 is 0 Å². The first-order chi connectivity index (χ1) is 16.8. The number of morpholine rings is 1. The van der Waals surface area contributed by atoms with E-state index in [-0.39, 0.29) is 5.91 Å². The molecule has 1 amide bonds. The van der Waals surface area contributed by atoms with Gasteiger partial charge < -0.3 is 14.5 Å². The number of fused-ring (bicyclic) bond motifs is 1. The lowest BCUT2D eigenvalue weighted by atomic mass is 10.1. The third kappa shape index (κ3) is 5.50. The first kappa shape index (κ1) is 22.7. The summed E-state index contributed by atoms with van der Waals surface area (Å²) in [5, 5.41) is 3.73. The van der Waals surface area contributed by atoms with Crippen LogP contribution in [-0.2, 0) is 23.6 Å². The van der Waals surface area contributed by atoms with E-state index in [9.17, 15) is 4.79 Å². The number of ether oxygens (including phenoxy) is 1. The summed E-state index contributed by atoms with van der Waals surface area (Å²) in [4.78, 5) is 20.0. The third-order valence-corrected chi connectivity index (χ3v) is 6.82. The van der Waals surface area contributed by atoms with Crippen molar-refractivity contribution >= 4 is 28.8 Å². The van der Waals surface area contributed by atoms with Crippen LogP contribution in [0.25, 0.3) is 11.1 Å². The summed E-state index contributed by atoms with van der Waals surface area (Å²) in [6, 6.07) is 23.7. The summed E-state index contributed by atoms with van der Waals surface area (Å²) in [5.74, 6) is 0.527. The predicted octanol–water partition coefficient (Wildman–Crippen LogP) is 4.88. The smallest absolute Gasteiger partial charge is 0.257 e. The van der Waals surface area contributed by atoms with Crippen molar-refractivity contribution in [2.45, 2.75) is 24.1 Å². The fourth-order valence-electron chi connectivity index (χ4n) is 4.08. The van der Waals surface area contributed by atoms with E-state index in [4.69, 9.17) is 9.15 Å². The monoisotopic (exact) mass is 473 g/mol. The van der Waals surface area contributed by atoms with Gasteiger partial charge in [-0.1, -0.05) is 66.4 Å². The number of benzene rings is 3. The van der Waals surface area contributed by atoms with Gasteiger partial charge >= 0.3 is 0 Å². The molecule has 1 aliphatic heterocycles. The lowest BCUT2D eigenvalue weighted by Gasteiger charge is -2.27. The highest BCUT2D eigenvalue weighted by Crippen LogP contribution is 2.27. The Morgan fingerprint density at radius 2 is 1.62 bits per heavy atom. The van der Waals surface area contributed by atoms with Gasteiger partial charge in [-0.25, -0.2) is 4.98 Å². The van der Waals surface area contributed by atoms with Crippen LogP contribution in [0.5, 0.6) is 0 Å². The number of rotatable bonds is 8. The highest BCUT2D eigenvalue weighted by molar-refractivity contribution is 7.98. The number of oxazole rings is 1. The Morgan fingerprint density at radius 3 is 2.44 bits per heavy atom. The Labute approximate surface area is 203 Å². The molecule has 5 rings (SSSR count). The molecule has 174 valence electrons. The zero-order valence-electron chi connectivity index (χ0n) is 18.9. The fourth-order valence-corrected chi connectivity index (χ4v) is 4.92. The van der Waals surface area contributed by atoms with E-state index in [2.05, 4.69) is 33.4 Å².